The summed E-state index contributed by atoms with van der Waals surface area (Å²) in [6.45, 7) is 26.3. The van der Waals surface area contributed by atoms with E-state index in [0.717, 1.165) is 0 Å². The second kappa shape index (κ2) is 9.97. The van der Waals surface area contributed by atoms with Gasteiger partial charge in [0, 0.05) is 24.2 Å². The van der Waals surface area contributed by atoms with Crippen LogP contribution in [0.5, 0.6) is 0 Å². The van der Waals surface area contributed by atoms with Gasteiger partial charge in [0.1, 0.15) is 0 Å². The monoisotopic (exact) mass is 396 g/mol. The first-order chi connectivity index (χ1) is 11.9. The van der Waals surface area contributed by atoms with E-state index in [1.165, 1.54) is 0 Å². The minimum absolute atomic E-state index is 0.256. The minimum Gasteiger partial charge on any atom is -0.261 e. The van der Waals surface area contributed by atoms with E-state index in [1.54, 1.807) is 5.30 Å². The van der Waals surface area contributed by atoms with E-state index in [-0.39, 0.29) is 12.8 Å². The van der Waals surface area contributed by atoms with Crippen LogP contribution in [-0.2, 0) is 0 Å². The SMILES string of the molecule is CC(C)N(C(C)C)P(N(C(C)C)C(C)C)[P@](c1ccccc1)C(C)(C)C. The van der Waals surface area contributed by atoms with E-state index in [1.807, 2.05) is 0 Å². The quantitative estimate of drug-likeness (QED) is 0.434. The zero-order valence-electron chi connectivity index (χ0n) is 19.0. The Balaban J connectivity index is 3.67. The molecular formula is C22H42N2P2. The molecule has 0 fully saturated rings. The van der Waals surface area contributed by atoms with Crippen molar-refractivity contribution in [2.45, 2.75) is 105 Å². The van der Waals surface area contributed by atoms with Crippen molar-refractivity contribution in [2.24, 2.45) is 0 Å². The lowest BCUT2D eigenvalue weighted by molar-refractivity contribution is 0.263. The normalized spacial score (nSPS) is 14.7. The molecular weight excluding hydrogens is 354 g/mol. The van der Waals surface area contributed by atoms with Crippen molar-refractivity contribution in [1.82, 2.24) is 9.34 Å². The third-order valence-electron chi connectivity index (χ3n) is 4.34. The van der Waals surface area contributed by atoms with Gasteiger partial charge in [-0.25, -0.2) is 0 Å². The van der Waals surface area contributed by atoms with Crippen LogP contribution in [0.15, 0.2) is 30.3 Å². The largest absolute Gasteiger partial charge is 0.261 e. The molecule has 150 valence electrons. The van der Waals surface area contributed by atoms with Gasteiger partial charge in [-0.3, -0.25) is 9.34 Å². The Morgan fingerprint density at radius 2 is 1.00 bits per heavy atom. The summed E-state index contributed by atoms with van der Waals surface area (Å²) in [7, 11) is -0.794. The van der Waals surface area contributed by atoms with Crippen molar-refractivity contribution in [3.8, 4) is 0 Å². The molecule has 0 saturated carbocycles. The molecule has 26 heavy (non-hydrogen) atoms. The smallest absolute Gasteiger partial charge is 0.0710 e. The number of hydrogen-bond acceptors (Lipinski definition) is 2. The highest BCUT2D eigenvalue weighted by Crippen LogP contribution is 2.78. The average molecular weight is 397 g/mol. The number of hydrogen-bond donors (Lipinski definition) is 0. The van der Waals surface area contributed by atoms with Gasteiger partial charge in [-0.05, 0) is 73.5 Å². The van der Waals surface area contributed by atoms with Gasteiger partial charge in [0.25, 0.3) is 0 Å². The molecule has 0 unspecified atom stereocenters. The highest BCUT2D eigenvalue weighted by molar-refractivity contribution is 8.31. The minimum atomic E-state index is -0.442. The fourth-order valence-electron chi connectivity index (χ4n) is 3.67. The van der Waals surface area contributed by atoms with E-state index in [2.05, 4.69) is 116 Å². The molecule has 0 N–H and O–H groups in total. The van der Waals surface area contributed by atoms with Gasteiger partial charge in [-0.1, -0.05) is 51.1 Å². The molecule has 0 aromatic heterocycles. The maximum atomic E-state index is 2.82. The van der Waals surface area contributed by atoms with Crippen LogP contribution in [0, 0.1) is 0 Å². The van der Waals surface area contributed by atoms with Crippen LogP contribution in [0.2, 0.25) is 0 Å². The predicted molar refractivity (Wildman–Crippen MR) is 124 cm³/mol. The van der Waals surface area contributed by atoms with Crippen molar-refractivity contribution in [1.29, 1.82) is 0 Å². The lowest BCUT2D eigenvalue weighted by Gasteiger charge is -2.53. The molecule has 0 heterocycles. The first-order valence-corrected chi connectivity index (χ1v) is 13.4. The van der Waals surface area contributed by atoms with Crippen molar-refractivity contribution in [3.63, 3.8) is 0 Å². The Hall–Kier alpha value is 0. The zero-order chi connectivity index (χ0) is 20.2. The molecule has 1 aromatic carbocycles. The third-order valence-corrected chi connectivity index (χ3v) is 14.2. The Labute approximate surface area is 166 Å². The van der Waals surface area contributed by atoms with Crippen LogP contribution in [0.4, 0.5) is 0 Å². The van der Waals surface area contributed by atoms with Gasteiger partial charge in [-0.2, -0.15) is 0 Å². The van der Waals surface area contributed by atoms with E-state index in [4.69, 9.17) is 0 Å². The first kappa shape index (κ1) is 24.0. The molecule has 2 nitrogen and oxygen atoms in total. The summed E-state index contributed by atoms with van der Waals surface area (Å²) in [5.41, 5.74) is 0. The van der Waals surface area contributed by atoms with Gasteiger partial charge in [0.15, 0.2) is 0 Å². The van der Waals surface area contributed by atoms with Gasteiger partial charge < -0.3 is 0 Å². The molecule has 0 aliphatic carbocycles. The summed E-state index contributed by atoms with van der Waals surface area (Å²) in [6.07, 6.45) is 0. The summed E-state index contributed by atoms with van der Waals surface area (Å²) in [4.78, 5) is 0. The lowest BCUT2D eigenvalue weighted by Crippen LogP contribution is -2.44. The Kier molecular flexibility index (Phi) is 9.22. The Bertz CT molecular complexity index is 485. The van der Waals surface area contributed by atoms with Gasteiger partial charge in [-0.15, -0.1) is 0 Å². The molecule has 1 rings (SSSR count). The molecule has 1 aromatic rings. The highest BCUT2D eigenvalue weighted by atomic mass is 32.1. The molecule has 0 spiro atoms. The molecule has 0 aliphatic rings. The van der Waals surface area contributed by atoms with Crippen molar-refractivity contribution in [3.05, 3.63) is 30.3 Å². The maximum absolute atomic E-state index is 2.82. The summed E-state index contributed by atoms with van der Waals surface area (Å²) < 4.78 is 5.64. The van der Waals surface area contributed by atoms with E-state index in [0.29, 0.717) is 24.2 Å². The predicted octanol–water partition coefficient (Wildman–Crippen LogP) is 7.06. The molecule has 0 radical (unpaired) electrons. The fourth-order valence-corrected chi connectivity index (χ4v) is 14.3. The molecule has 0 bridgehead atoms. The van der Waals surface area contributed by atoms with Crippen LogP contribution in [0.1, 0.15) is 76.2 Å². The van der Waals surface area contributed by atoms with E-state index in [9.17, 15) is 0 Å². The second-order valence-corrected chi connectivity index (χ2v) is 15.4. The summed E-state index contributed by atoms with van der Waals surface area (Å²) in [5, 5.41) is 1.80. The zero-order valence-corrected chi connectivity index (χ0v) is 20.8. The third kappa shape index (κ3) is 6.00. The molecule has 4 heteroatoms. The average Bonchev–Trinajstić information content (AvgIpc) is 2.45. The van der Waals surface area contributed by atoms with Gasteiger partial charge in [0.05, 0.1) is 7.91 Å². The maximum Gasteiger partial charge on any atom is 0.0710 e. The second-order valence-electron chi connectivity index (χ2n) is 9.22. The number of nitrogens with zero attached hydrogens (tertiary/aromatic N) is 2. The van der Waals surface area contributed by atoms with Crippen LogP contribution in [0.3, 0.4) is 0 Å². The van der Waals surface area contributed by atoms with Crippen molar-refractivity contribution < 1.29 is 0 Å². The Morgan fingerprint density at radius 3 is 1.27 bits per heavy atom. The lowest BCUT2D eigenvalue weighted by atomic mass is 10.3. The van der Waals surface area contributed by atoms with E-state index >= 15 is 0 Å². The van der Waals surface area contributed by atoms with E-state index < -0.39 is 7.91 Å². The highest BCUT2D eigenvalue weighted by Gasteiger charge is 2.43. The van der Waals surface area contributed by atoms with Crippen LogP contribution in [0.25, 0.3) is 0 Å². The standard InChI is InChI=1S/C22H42N2P2/c1-17(2)23(18(3)4)26(24(19(5)6)20(7)8)25(22(9,10)11)21-15-13-12-14-16-21/h12-20H,1-11H3/t25-/m1/s1. The van der Waals surface area contributed by atoms with Gasteiger partial charge >= 0.3 is 0 Å². The van der Waals surface area contributed by atoms with Crippen LogP contribution < -0.4 is 5.30 Å². The van der Waals surface area contributed by atoms with Crippen molar-refractivity contribution in [2.75, 3.05) is 0 Å². The molecule has 0 saturated heterocycles. The first-order valence-electron chi connectivity index (χ1n) is 10.1. The van der Waals surface area contributed by atoms with Crippen LogP contribution in [-0.4, -0.2) is 38.7 Å². The topological polar surface area (TPSA) is 6.48 Å². The number of benzene rings is 1. The summed E-state index contributed by atoms with van der Waals surface area (Å²) in [5.74, 6) is 0. The fraction of sp³-hybridized carbons (Fsp3) is 0.727. The summed E-state index contributed by atoms with van der Waals surface area (Å²) >= 11 is 0. The summed E-state index contributed by atoms with van der Waals surface area (Å²) in [6, 6.07) is 13.5. The van der Waals surface area contributed by atoms with Crippen LogP contribution >= 0.6 is 15.5 Å². The van der Waals surface area contributed by atoms with Crippen molar-refractivity contribution >= 4 is 20.8 Å². The molecule has 1 atom stereocenters. The number of rotatable bonds is 8. The Morgan fingerprint density at radius 1 is 0.654 bits per heavy atom. The molecule has 0 amide bonds. The molecule has 0 aliphatic heterocycles. The van der Waals surface area contributed by atoms with Gasteiger partial charge in [0.2, 0.25) is 0 Å².